The molecular weight excluding hydrogens is 714 g/mol. The summed E-state index contributed by atoms with van der Waals surface area (Å²) in [5.41, 5.74) is 0.983. The fourth-order valence-corrected chi connectivity index (χ4v) is 14.5. The second-order valence-electron chi connectivity index (χ2n) is 20.9. The zero-order valence-corrected chi connectivity index (χ0v) is 35.3. The van der Waals surface area contributed by atoms with Crippen LogP contribution < -0.4 is 5.32 Å². The zero-order valence-electron chi connectivity index (χ0n) is 34.5. The van der Waals surface area contributed by atoms with Gasteiger partial charge in [-0.15, -0.1) is 0 Å². The number of aliphatic hydroxyl groups excluding tert-OH is 1. The van der Waals surface area contributed by atoms with Crippen LogP contribution >= 0.6 is 11.6 Å². The molecule has 5 saturated carbocycles. The number of benzene rings is 1. The second-order valence-corrected chi connectivity index (χ2v) is 21.3. The van der Waals surface area contributed by atoms with Gasteiger partial charge in [-0.25, -0.2) is 0 Å². The summed E-state index contributed by atoms with van der Waals surface area (Å²) in [5.74, 6) is -1.10. The number of aliphatic hydroxyl groups is 1. The number of aliphatic carboxylic acids is 1. The summed E-state index contributed by atoms with van der Waals surface area (Å²) in [6.45, 7) is 20.2. The number of allylic oxidation sites excluding steroid dienone is 1. The summed E-state index contributed by atoms with van der Waals surface area (Å²) in [6.07, 6.45) is 7.01. The number of ketones is 1. The molecule has 302 valence electrons. The third-order valence-electron chi connectivity index (χ3n) is 17.7. The predicted molar refractivity (Wildman–Crippen MR) is 212 cm³/mol. The van der Waals surface area contributed by atoms with E-state index >= 15 is 0 Å². The molecule has 0 aliphatic heterocycles. The molecular formula is C46H64ClNO7. The van der Waals surface area contributed by atoms with Gasteiger partial charge < -0.3 is 20.3 Å². The number of esters is 1. The number of halogens is 1. The van der Waals surface area contributed by atoms with Gasteiger partial charge in [-0.3, -0.25) is 19.2 Å². The molecule has 8 nitrogen and oxygen atoms in total. The molecule has 11 atom stereocenters. The molecule has 1 aromatic rings. The van der Waals surface area contributed by atoms with E-state index in [4.69, 9.17) is 16.3 Å². The predicted octanol–water partition coefficient (Wildman–Crippen LogP) is 9.07. The van der Waals surface area contributed by atoms with Crippen molar-refractivity contribution in [2.75, 3.05) is 6.54 Å². The number of amides is 1. The Hall–Kier alpha value is -2.71. The van der Waals surface area contributed by atoms with E-state index in [0.29, 0.717) is 41.7 Å². The molecule has 6 aliphatic carbocycles. The van der Waals surface area contributed by atoms with Gasteiger partial charge in [-0.05, 0) is 133 Å². The molecule has 1 amide bonds. The van der Waals surface area contributed by atoms with Gasteiger partial charge in [0.15, 0.2) is 5.78 Å². The molecule has 0 aromatic heterocycles. The molecule has 3 N–H and O–H groups in total. The maximum atomic E-state index is 14.1. The minimum Gasteiger partial charge on any atom is -0.481 e. The number of ether oxygens (including phenoxy) is 1. The van der Waals surface area contributed by atoms with E-state index in [1.165, 1.54) is 5.57 Å². The number of carbonyl (C=O) groups excluding carboxylic acids is 3. The van der Waals surface area contributed by atoms with Crippen LogP contribution in [0.1, 0.15) is 137 Å². The average molecular weight is 778 g/mol. The Kier molecular flexibility index (Phi) is 9.88. The highest BCUT2D eigenvalue weighted by atomic mass is 35.5. The van der Waals surface area contributed by atoms with Gasteiger partial charge in [-0.2, -0.15) is 0 Å². The number of fused-ring (bicyclic) bond motifs is 7. The third-order valence-corrected chi connectivity index (χ3v) is 18.0. The number of carboxylic acids is 1. The summed E-state index contributed by atoms with van der Waals surface area (Å²) in [5, 5.41) is 25.3. The van der Waals surface area contributed by atoms with Crippen LogP contribution in [0.4, 0.5) is 0 Å². The lowest BCUT2D eigenvalue weighted by molar-refractivity contribution is -0.238. The first kappa shape index (κ1) is 40.5. The molecule has 9 heteroatoms. The summed E-state index contributed by atoms with van der Waals surface area (Å²) < 4.78 is 6.40. The van der Waals surface area contributed by atoms with Crippen LogP contribution in [0.2, 0.25) is 5.02 Å². The molecule has 7 rings (SSSR count). The van der Waals surface area contributed by atoms with Crippen molar-refractivity contribution in [3.05, 3.63) is 46.0 Å². The standard InChI is InChI=1S/C46H64ClNO7/c1-25(2)36-31(49)23-46(34(50)24-48-38(51)26-10-12-27(47)13-11-26)21-20-44(8)28(37(36)46)14-15-33-43(7)18-17-35(42(5,6)32(43)16-19-45(33,44)9)55-40(54)30-22-29(39(52)53)41(30,3)4/h10-13,25,28-30,32-35,50H,14-24H2,1-9H3,(H,48,51)(H,52,53)/t28-,29-,30+,32+,33-,34+,35+,43+,44-,45-,46+/m1/s1. The van der Waals surface area contributed by atoms with Crippen LogP contribution in [0.25, 0.3) is 0 Å². The van der Waals surface area contributed by atoms with Gasteiger partial charge in [0.2, 0.25) is 0 Å². The molecule has 5 fully saturated rings. The Balaban J connectivity index is 1.13. The third kappa shape index (κ3) is 5.82. The van der Waals surface area contributed by atoms with E-state index in [0.717, 1.165) is 50.5 Å². The van der Waals surface area contributed by atoms with Crippen molar-refractivity contribution in [2.45, 2.75) is 139 Å². The van der Waals surface area contributed by atoms with Gasteiger partial charge in [0.1, 0.15) is 6.10 Å². The quantitative estimate of drug-likeness (QED) is 0.225. The van der Waals surface area contributed by atoms with Crippen LogP contribution in [-0.4, -0.2) is 52.6 Å². The molecule has 0 bridgehead atoms. The number of Topliss-reactive ketones (excluding diaryl/α,β-unsaturated/α-hetero) is 1. The molecule has 0 unspecified atom stereocenters. The van der Waals surface area contributed by atoms with Crippen LogP contribution in [0.15, 0.2) is 35.4 Å². The summed E-state index contributed by atoms with van der Waals surface area (Å²) >= 11 is 6.05. The first-order valence-electron chi connectivity index (χ1n) is 21.0. The van der Waals surface area contributed by atoms with Crippen molar-refractivity contribution in [3.63, 3.8) is 0 Å². The summed E-state index contributed by atoms with van der Waals surface area (Å²) in [6, 6.07) is 6.72. The zero-order chi connectivity index (χ0) is 40.3. The Bertz CT molecular complexity index is 1800. The SMILES string of the molecule is CC(C)C1=C2[C@H]3CC[C@@H]4[C@@]5(C)CC[C@H](OC(=O)[C@@H]6C[C@H](C(=O)O)C6(C)C)C(C)(C)[C@@H]5CC[C@@]4(C)[C@]3(C)CC[C@@]2([C@@H](O)CNC(=O)c2ccc(Cl)cc2)CC1=O. The molecule has 0 radical (unpaired) electrons. The fourth-order valence-electron chi connectivity index (χ4n) is 14.3. The minimum absolute atomic E-state index is 0.00317. The normalized spacial score (nSPS) is 40.5. The monoisotopic (exact) mass is 777 g/mol. The highest BCUT2D eigenvalue weighted by molar-refractivity contribution is 6.30. The molecule has 6 aliphatic rings. The maximum absolute atomic E-state index is 14.1. The highest BCUT2D eigenvalue weighted by Crippen LogP contribution is 2.77. The first-order chi connectivity index (χ1) is 25.6. The highest BCUT2D eigenvalue weighted by Gasteiger charge is 2.71. The van der Waals surface area contributed by atoms with Crippen LogP contribution in [0.3, 0.4) is 0 Å². The van der Waals surface area contributed by atoms with Crippen molar-refractivity contribution in [1.82, 2.24) is 5.32 Å². The van der Waals surface area contributed by atoms with Crippen LogP contribution in [0.5, 0.6) is 0 Å². The lowest BCUT2D eigenvalue weighted by Crippen LogP contribution is -2.66. The van der Waals surface area contributed by atoms with E-state index in [1.54, 1.807) is 24.3 Å². The number of hydrogen-bond donors (Lipinski definition) is 3. The lowest BCUT2D eigenvalue weighted by atomic mass is 9.33. The number of rotatable bonds is 8. The number of nitrogens with one attached hydrogen (secondary N) is 1. The Morgan fingerprint density at radius 2 is 1.53 bits per heavy atom. The fraction of sp³-hybridized carbons (Fsp3) is 0.739. The summed E-state index contributed by atoms with van der Waals surface area (Å²) in [7, 11) is 0. The van der Waals surface area contributed by atoms with Crippen LogP contribution in [0, 0.1) is 68.0 Å². The number of carbonyl (C=O) groups is 4. The minimum atomic E-state index is -0.887. The molecule has 1 aromatic carbocycles. The van der Waals surface area contributed by atoms with Crippen molar-refractivity contribution in [2.24, 2.45) is 68.0 Å². The van der Waals surface area contributed by atoms with Crippen molar-refractivity contribution in [1.29, 1.82) is 0 Å². The second kappa shape index (κ2) is 13.4. The lowest BCUT2D eigenvalue weighted by Gasteiger charge is -2.72. The van der Waals surface area contributed by atoms with Crippen molar-refractivity contribution >= 4 is 35.2 Å². The molecule has 55 heavy (non-hydrogen) atoms. The average Bonchev–Trinajstić information content (AvgIpc) is 3.41. The van der Waals surface area contributed by atoms with Crippen molar-refractivity contribution in [3.8, 4) is 0 Å². The molecule has 0 saturated heterocycles. The topological polar surface area (TPSA) is 130 Å². The number of carboxylic acid groups (broad SMARTS) is 1. The van der Waals surface area contributed by atoms with E-state index in [2.05, 4.69) is 53.8 Å². The van der Waals surface area contributed by atoms with Crippen LogP contribution in [-0.2, 0) is 19.1 Å². The Morgan fingerprint density at radius 3 is 2.15 bits per heavy atom. The molecule has 0 heterocycles. The van der Waals surface area contributed by atoms with Gasteiger partial charge in [0, 0.05) is 34.4 Å². The first-order valence-corrected chi connectivity index (χ1v) is 21.4. The largest absolute Gasteiger partial charge is 0.481 e. The van der Waals surface area contributed by atoms with Crippen molar-refractivity contribution < 1.29 is 34.1 Å². The van der Waals surface area contributed by atoms with Gasteiger partial charge in [0.25, 0.3) is 5.91 Å². The number of hydrogen-bond acceptors (Lipinski definition) is 6. The van der Waals surface area contributed by atoms with E-state index < -0.39 is 34.7 Å². The Labute approximate surface area is 333 Å². The molecule has 0 spiro atoms. The van der Waals surface area contributed by atoms with Gasteiger partial charge in [-0.1, -0.05) is 79.5 Å². The Morgan fingerprint density at radius 1 is 0.855 bits per heavy atom. The van der Waals surface area contributed by atoms with E-state index in [1.807, 2.05) is 13.8 Å². The van der Waals surface area contributed by atoms with E-state index in [-0.39, 0.29) is 63.8 Å². The van der Waals surface area contributed by atoms with E-state index in [9.17, 15) is 29.4 Å². The summed E-state index contributed by atoms with van der Waals surface area (Å²) in [4.78, 5) is 52.6. The van der Waals surface area contributed by atoms with Gasteiger partial charge >= 0.3 is 11.9 Å². The van der Waals surface area contributed by atoms with Gasteiger partial charge in [0.05, 0.1) is 17.9 Å². The smallest absolute Gasteiger partial charge is 0.309 e. The maximum Gasteiger partial charge on any atom is 0.309 e.